The molecule has 2 aromatic carbocycles. The van der Waals surface area contributed by atoms with Gasteiger partial charge in [0.1, 0.15) is 5.75 Å². The maximum Gasteiger partial charge on any atom is 0.323 e. The van der Waals surface area contributed by atoms with Gasteiger partial charge in [-0.15, -0.1) is 0 Å². The van der Waals surface area contributed by atoms with Crippen LogP contribution in [0.5, 0.6) is 5.75 Å². The first-order valence-corrected chi connectivity index (χ1v) is 10.6. The van der Waals surface area contributed by atoms with Crippen molar-refractivity contribution < 1.29 is 4.74 Å². The number of benzene rings is 2. The van der Waals surface area contributed by atoms with Crippen LogP contribution in [0.1, 0.15) is 12.8 Å². The Labute approximate surface area is 179 Å². The van der Waals surface area contributed by atoms with E-state index in [2.05, 4.69) is 19.8 Å². The fourth-order valence-electron chi connectivity index (χ4n) is 3.75. The van der Waals surface area contributed by atoms with E-state index in [-0.39, 0.29) is 5.69 Å². The highest BCUT2D eigenvalue weighted by molar-refractivity contribution is 6.43. The molecule has 1 aliphatic rings. The molecule has 0 spiro atoms. The molecular formula is C21H24Cl2N4O2. The molecular weight excluding hydrogens is 411 g/mol. The Morgan fingerprint density at radius 3 is 2.76 bits per heavy atom. The summed E-state index contributed by atoms with van der Waals surface area (Å²) < 4.78 is 5.86. The van der Waals surface area contributed by atoms with E-state index in [1.807, 2.05) is 36.4 Å². The van der Waals surface area contributed by atoms with Gasteiger partial charge in [0.2, 0.25) is 0 Å². The zero-order valence-electron chi connectivity index (χ0n) is 16.1. The zero-order chi connectivity index (χ0) is 20.2. The second-order valence-corrected chi connectivity index (χ2v) is 8.03. The Hall–Kier alpha value is -2.15. The van der Waals surface area contributed by atoms with E-state index in [4.69, 9.17) is 27.9 Å². The van der Waals surface area contributed by atoms with Gasteiger partial charge in [0, 0.05) is 32.2 Å². The molecule has 2 heterocycles. The van der Waals surface area contributed by atoms with Crippen molar-refractivity contribution in [1.29, 1.82) is 0 Å². The smallest absolute Gasteiger partial charge is 0.323 e. The summed E-state index contributed by atoms with van der Waals surface area (Å²) in [4.78, 5) is 21.6. The van der Waals surface area contributed by atoms with Gasteiger partial charge in [0.15, 0.2) is 0 Å². The van der Waals surface area contributed by atoms with Crippen LogP contribution in [0.3, 0.4) is 0 Å². The molecule has 0 bridgehead atoms. The molecule has 29 heavy (non-hydrogen) atoms. The highest BCUT2D eigenvalue weighted by atomic mass is 35.5. The average Bonchev–Trinajstić information content (AvgIpc) is 2.92. The molecule has 0 atom stereocenters. The predicted octanol–water partition coefficient (Wildman–Crippen LogP) is 4.14. The summed E-state index contributed by atoms with van der Waals surface area (Å²) in [5.74, 6) is 0.769. The lowest BCUT2D eigenvalue weighted by Crippen LogP contribution is -2.32. The molecule has 0 radical (unpaired) electrons. The van der Waals surface area contributed by atoms with Crippen molar-refractivity contribution in [2.75, 3.05) is 44.2 Å². The molecule has 0 aliphatic carbocycles. The molecule has 0 unspecified atom stereocenters. The Kier molecular flexibility index (Phi) is 6.33. The number of halogens is 2. The molecule has 1 saturated heterocycles. The van der Waals surface area contributed by atoms with Crippen molar-refractivity contribution in [3.8, 4) is 5.75 Å². The lowest BCUT2D eigenvalue weighted by atomic mass is 10.2. The van der Waals surface area contributed by atoms with Crippen molar-refractivity contribution in [2.45, 2.75) is 12.8 Å². The van der Waals surface area contributed by atoms with Gasteiger partial charge in [-0.05, 0) is 43.7 Å². The van der Waals surface area contributed by atoms with Crippen LogP contribution < -0.4 is 15.3 Å². The van der Waals surface area contributed by atoms with Crippen LogP contribution in [0.4, 0.5) is 5.69 Å². The minimum Gasteiger partial charge on any atom is -0.493 e. The van der Waals surface area contributed by atoms with Gasteiger partial charge in [-0.3, -0.25) is 0 Å². The average molecular weight is 435 g/mol. The minimum atomic E-state index is -0.202. The summed E-state index contributed by atoms with van der Waals surface area (Å²) in [6.07, 6.45) is 2.03. The zero-order valence-corrected chi connectivity index (χ0v) is 17.6. The Morgan fingerprint density at radius 1 is 1.00 bits per heavy atom. The van der Waals surface area contributed by atoms with Crippen molar-refractivity contribution in [3.63, 3.8) is 0 Å². The first-order chi connectivity index (χ1) is 14.1. The lowest BCUT2D eigenvalue weighted by molar-refractivity contribution is 0.244. The monoisotopic (exact) mass is 434 g/mol. The van der Waals surface area contributed by atoms with Gasteiger partial charge in [0.25, 0.3) is 0 Å². The molecule has 0 amide bonds. The van der Waals surface area contributed by atoms with Crippen LogP contribution >= 0.6 is 23.2 Å². The fourth-order valence-corrected chi connectivity index (χ4v) is 4.17. The number of fused-ring (bicyclic) bond motifs is 1. The minimum absolute atomic E-state index is 0.202. The summed E-state index contributed by atoms with van der Waals surface area (Å²) in [5.41, 5.74) is 2.37. The van der Waals surface area contributed by atoms with Crippen molar-refractivity contribution in [3.05, 3.63) is 56.9 Å². The molecule has 1 fully saturated rings. The molecule has 0 saturated carbocycles. The number of rotatable bonds is 6. The van der Waals surface area contributed by atoms with E-state index in [1.165, 1.54) is 0 Å². The molecule has 1 aromatic heterocycles. The van der Waals surface area contributed by atoms with Crippen LogP contribution in [0, 0.1) is 0 Å². The normalized spacial score (nSPS) is 15.6. The summed E-state index contributed by atoms with van der Waals surface area (Å²) in [7, 11) is 0. The Balaban J connectivity index is 1.25. The maximum atomic E-state index is 11.3. The van der Waals surface area contributed by atoms with Crippen LogP contribution in [0.2, 0.25) is 10.0 Å². The molecule has 1 aliphatic heterocycles. The second kappa shape index (κ2) is 9.11. The van der Waals surface area contributed by atoms with Gasteiger partial charge in [0.05, 0.1) is 33.4 Å². The number of aromatic amines is 2. The quantitative estimate of drug-likeness (QED) is 0.572. The molecule has 154 valence electrons. The van der Waals surface area contributed by atoms with Gasteiger partial charge in [-0.1, -0.05) is 29.3 Å². The van der Waals surface area contributed by atoms with E-state index >= 15 is 0 Å². The summed E-state index contributed by atoms with van der Waals surface area (Å²) in [5, 5.41) is 1.24. The third-order valence-electron chi connectivity index (χ3n) is 5.24. The van der Waals surface area contributed by atoms with E-state index in [0.717, 1.165) is 68.0 Å². The molecule has 3 aromatic rings. The fraction of sp³-hybridized carbons (Fsp3) is 0.381. The number of hydrogen-bond donors (Lipinski definition) is 2. The Morgan fingerprint density at radius 2 is 1.86 bits per heavy atom. The van der Waals surface area contributed by atoms with Crippen molar-refractivity contribution in [1.82, 2.24) is 14.9 Å². The molecule has 4 rings (SSSR count). The third kappa shape index (κ3) is 4.89. The number of nitrogens with zero attached hydrogens (tertiary/aromatic N) is 2. The van der Waals surface area contributed by atoms with Gasteiger partial charge >= 0.3 is 5.69 Å². The molecule has 6 nitrogen and oxygen atoms in total. The van der Waals surface area contributed by atoms with Gasteiger partial charge in [-0.2, -0.15) is 0 Å². The molecule has 8 heteroatoms. The van der Waals surface area contributed by atoms with E-state index < -0.39 is 0 Å². The predicted molar refractivity (Wildman–Crippen MR) is 119 cm³/mol. The van der Waals surface area contributed by atoms with E-state index in [1.54, 1.807) is 0 Å². The van der Waals surface area contributed by atoms with Crippen LogP contribution in [-0.4, -0.2) is 54.2 Å². The van der Waals surface area contributed by atoms with Crippen molar-refractivity contribution in [2.24, 2.45) is 0 Å². The highest BCUT2D eigenvalue weighted by Gasteiger charge is 2.17. The van der Waals surface area contributed by atoms with Crippen LogP contribution in [0.25, 0.3) is 11.0 Å². The lowest BCUT2D eigenvalue weighted by Gasteiger charge is -2.25. The first-order valence-electron chi connectivity index (χ1n) is 9.86. The first kappa shape index (κ1) is 20.1. The summed E-state index contributed by atoms with van der Waals surface area (Å²) >= 11 is 12.6. The highest BCUT2D eigenvalue weighted by Crippen LogP contribution is 2.32. The number of nitrogens with one attached hydrogen (secondary N) is 2. The number of aromatic nitrogens is 2. The molecule has 2 N–H and O–H groups in total. The third-order valence-corrected chi connectivity index (χ3v) is 6.04. The van der Waals surface area contributed by atoms with Crippen LogP contribution in [-0.2, 0) is 0 Å². The van der Waals surface area contributed by atoms with Gasteiger partial charge < -0.3 is 24.5 Å². The SMILES string of the molecule is O=c1[nH]c2ccc(OCCCN3CCCN(c4cccc(Cl)c4Cl)CC3)cc2[nH]1. The maximum absolute atomic E-state index is 11.3. The Bertz CT molecular complexity index is 1030. The van der Waals surface area contributed by atoms with E-state index in [0.29, 0.717) is 16.7 Å². The summed E-state index contributed by atoms with van der Waals surface area (Å²) in [6.45, 7) is 5.58. The largest absolute Gasteiger partial charge is 0.493 e. The van der Waals surface area contributed by atoms with Crippen LogP contribution in [0.15, 0.2) is 41.2 Å². The number of ether oxygens (including phenoxy) is 1. The van der Waals surface area contributed by atoms with E-state index in [9.17, 15) is 4.79 Å². The second-order valence-electron chi connectivity index (χ2n) is 7.24. The number of imidazole rings is 1. The topological polar surface area (TPSA) is 64.4 Å². The standard InChI is InChI=1S/C21H24Cl2N4O2/c22-16-4-1-5-19(20(16)23)27-10-2-8-26(11-12-27)9-3-13-29-15-6-7-17-18(14-15)25-21(28)24-17/h1,4-7,14H,2-3,8-13H2,(H2,24,25,28). The van der Waals surface area contributed by atoms with Crippen molar-refractivity contribution >= 4 is 39.9 Å². The summed E-state index contributed by atoms with van der Waals surface area (Å²) in [6, 6.07) is 11.4. The number of H-pyrrole nitrogens is 2. The number of hydrogen-bond acceptors (Lipinski definition) is 4. The van der Waals surface area contributed by atoms with Gasteiger partial charge in [-0.25, -0.2) is 4.79 Å². The number of anilines is 1.